The van der Waals surface area contributed by atoms with E-state index in [1.807, 2.05) is 6.92 Å². The number of aryl methyl sites for hydroxylation is 2. The first-order valence-electron chi connectivity index (χ1n) is 11.5. The number of benzene rings is 2. The van der Waals surface area contributed by atoms with Crippen LogP contribution in [0, 0.1) is 13.8 Å². The van der Waals surface area contributed by atoms with Gasteiger partial charge in [0.15, 0.2) is 5.65 Å². The summed E-state index contributed by atoms with van der Waals surface area (Å²) in [6, 6.07) is 11.4. The number of carbonyl (C=O) groups excluding carboxylic acids is 1. The number of likely N-dealkylation sites (N-methyl/N-ethyl adjacent to an activating group) is 1. The van der Waals surface area contributed by atoms with E-state index in [0.717, 1.165) is 15.7 Å². The van der Waals surface area contributed by atoms with E-state index < -0.39 is 23.2 Å². The van der Waals surface area contributed by atoms with Crippen LogP contribution < -0.4 is 5.59 Å². The highest BCUT2D eigenvalue weighted by Crippen LogP contribution is 2.32. The molecule has 10 nitrogen and oxygen atoms in total. The maximum absolute atomic E-state index is 13.5. The van der Waals surface area contributed by atoms with Gasteiger partial charge in [-0.3, -0.25) is 9.78 Å². The largest absolute Gasteiger partial charge is 0.509 e. The van der Waals surface area contributed by atoms with Crippen molar-refractivity contribution < 1.29 is 28.4 Å². The van der Waals surface area contributed by atoms with Gasteiger partial charge in [0, 0.05) is 37.1 Å². The number of carbonyl (C=O) groups is 1. The smallest absolute Gasteiger partial charge is 0.422 e. The van der Waals surface area contributed by atoms with Gasteiger partial charge in [-0.2, -0.15) is 0 Å². The molecule has 4 rings (SSSR count). The fourth-order valence-corrected chi connectivity index (χ4v) is 5.39. The molecule has 0 saturated carbocycles. The summed E-state index contributed by atoms with van der Waals surface area (Å²) in [6.45, 7) is 5.38. The zero-order valence-corrected chi connectivity index (χ0v) is 21.6. The van der Waals surface area contributed by atoms with Crippen molar-refractivity contribution >= 4 is 39.8 Å². The number of aliphatic hydroxyl groups is 1. The molecule has 0 aliphatic heterocycles. The molecule has 1 amide bonds. The van der Waals surface area contributed by atoms with Crippen molar-refractivity contribution in [2.75, 3.05) is 13.6 Å². The Hall–Kier alpha value is -3.58. The Balaban J connectivity index is 1.87. The Morgan fingerprint density at radius 3 is 2.41 bits per heavy atom. The molecule has 0 aliphatic carbocycles. The van der Waals surface area contributed by atoms with E-state index in [2.05, 4.69) is 9.97 Å². The molecule has 0 fully saturated rings. The van der Waals surface area contributed by atoms with Crippen molar-refractivity contribution in [3.05, 3.63) is 71.5 Å². The number of hydrogen-bond acceptors (Lipinski definition) is 8. The van der Waals surface area contributed by atoms with E-state index >= 15 is 0 Å². The molecule has 12 heteroatoms. The fourth-order valence-electron chi connectivity index (χ4n) is 4.08. The number of rotatable bonds is 7. The molecule has 4 aromatic rings. The van der Waals surface area contributed by atoms with Gasteiger partial charge in [-0.1, -0.05) is 29.8 Å². The molecule has 2 aromatic heterocycles. The van der Waals surface area contributed by atoms with Gasteiger partial charge >= 0.3 is 7.12 Å². The van der Waals surface area contributed by atoms with Crippen LogP contribution >= 0.6 is 0 Å². The first-order valence-corrected chi connectivity index (χ1v) is 12.9. The van der Waals surface area contributed by atoms with Crippen molar-refractivity contribution in [2.24, 2.45) is 0 Å². The molecule has 0 saturated heterocycles. The first-order chi connectivity index (χ1) is 17.4. The Morgan fingerprint density at radius 2 is 1.81 bits per heavy atom. The van der Waals surface area contributed by atoms with Gasteiger partial charge in [-0.05, 0) is 50.1 Å². The summed E-state index contributed by atoms with van der Waals surface area (Å²) in [7, 11) is -4.35. The number of nitrogens with zero attached hydrogens (tertiary/aromatic N) is 4. The molecule has 1 atom stereocenters. The summed E-state index contributed by atoms with van der Waals surface area (Å²) in [5.41, 5.74) is 2.97. The molecule has 2 aromatic carbocycles. The Bertz CT molecular complexity index is 1580. The van der Waals surface area contributed by atoms with E-state index in [-0.39, 0.29) is 34.1 Å². The minimum Gasteiger partial charge on any atom is -0.422 e. The zero-order valence-electron chi connectivity index (χ0n) is 20.8. The molecule has 37 heavy (non-hydrogen) atoms. The predicted molar refractivity (Wildman–Crippen MR) is 140 cm³/mol. The van der Waals surface area contributed by atoms with E-state index in [9.17, 15) is 28.4 Å². The molecular formula is C25H27BN4O6S. The van der Waals surface area contributed by atoms with E-state index in [1.54, 1.807) is 51.2 Å². The quantitative estimate of drug-likeness (QED) is 0.306. The minimum atomic E-state index is -4.05. The number of amides is 1. The number of hydrogen-bond donors (Lipinski definition) is 3. The van der Waals surface area contributed by atoms with Crippen LogP contribution in [-0.2, 0) is 10.0 Å². The lowest BCUT2D eigenvalue weighted by molar-refractivity contribution is 0.0703. The molecule has 0 unspecified atom stereocenters. The molecule has 192 valence electrons. The predicted octanol–water partition coefficient (Wildman–Crippen LogP) is 1.08. The Labute approximate surface area is 215 Å². The highest BCUT2D eigenvalue weighted by atomic mass is 32.2. The van der Waals surface area contributed by atoms with Crippen LogP contribution in [0.25, 0.3) is 22.3 Å². The first kappa shape index (κ1) is 26.5. The molecular weight excluding hydrogens is 495 g/mol. The molecule has 0 bridgehead atoms. The topological polar surface area (TPSA) is 146 Å². The third kappa shape index (κ3) is 5.14. The second-order valence-corrected chi connectivity index (χ2v) is 10.9. The summed E-state index contributed by atoms with van der Waals surface area (Å²) in [5, 5.41) is 28.9. The summed E-state index contributed by atoms with van der Waals surface area (Å²) in [4.78, 5) is 22.8. The number of aliphatic hydroxyl groups excluding tert-OH is 1. The van der Waals surface area contributed by atoms with Crippen molar-refractivity contribution in [3.8, 4) is 11.1 Å². The lowest BCUT2D eigenvalue weighted by Crippen LogP contribution is -2.33. The summed E-state index contributed by atoms with van der Waals surface area (Å²) in [6.07, 6.45) is 1.83. The standard InChI is InChI=1S/C25H27BN4O6S/c1-15-5-8-19(9-6-15)37(35,36)30-14-21(23-24(30)27-12-22(28-23)26(33)34)18-7-10-20(16(2)11-18)25(32)29(4)13-17(3)31/h5-12,14,17,31,33-34H,13H2,1-4H3/t17-/m0/s1. The highest BCUT2D eigenvalue weighted by Gasteiger charge is 2.26. The van der Waals surface area contributed by atoms with Gasteiger partial charge in [-0.15, -0.1) is 0 Å². The normalized spacial score (nSPS) is 12.5. The van der Waals surface area contributed by atoms with Crippen LogP contribution in [0.4, 0.5) is 0 Å². The molecule has 0 radical (unpaired) electrons. The van der Waals surface area contributed by atoms with Crippen LogP contribution in [0.2, 0.25) is 0 Å². The van der Waals surface area contributed by atoms with Gasteiger partial charge in [0.1, 0.15) is 5.52 Å². The summed E-state index contributed by atoms with van der Waals surface area (Å²) >= 11 is 0. The van der Waals surface area contributed by atoms with Crippen LogP contribution in [0.3, 0.4) is 0 Å². The fraction of sp³-hybridized carbons (Fsp3) is 0.240. The summed E-state index contributed by atoms with van der Waals surface area (Å²) in [5.74, 6) is -0.264. The van der Waals surface area contributed by atoms with Gasteiger partial charge in [0.05, 0.1) is 16.6 Å². The maximum atomic E-state index is 13.5. The van der Waals surface area contributed by atoms with Gasteiger partial charge in [0.2, 0.25) is 0 Å². The number of fused-ring (bicyclic) bond motifs is 1. The van der Waals surface area contributed by atoms with Crippen LogP contribution in [0.5, 0.6) is 0 Å². The average molecular weight is 522 g/mol. The average Bonchev–Trinajstić information content (AvgIpc) is 3.23. The van der Waals surface area contributed by atoms with Crippen LogP contribution in [-0.4, -0.2) is 75.1 Å². The van der Waals surface area contributed by atoms with Gasteiger partial charge < -0.3 is 20.1 Å². The van der Waals surface area contributed by atoms with Crippen molar-refractivity contribution in [3.63, 3.8) is 0 Å². The van der Waals surface area contributed by atoms with Crippen molar-refractivity contribution in [2.45, 2.75) is 31.8 Å². The van der Waals surface area contributed by atoms with Crippen LogP contribution in [0.15, 0.2) is 59.8 Å². The monoisotopic (exact) mass is 522 g/mol. The zero-order chi connectivity index (χ0) is 27.1. The van der Waals surface area contributed by atoms with Crippen molar-refractivity contribution in [1.29, 1.82) is 0 Å². The second-order valence-electron chi connectivity index (χ2n) is 9.06. The third-order valence-electron chi connectivity index (χ3n) is 5.98. The van der Waals surface area contributed by atoms with E-state index in [1.165, 1.54) is 23.2 Å². The van der Waals surface area contributed by atoms with Gasteiger partial charge in [-0.25, -0.2) is 17.4 Å². The number of aromatic nitrogens is 3. The highest BCUT2D eigenvalue weighted by molar-refractivity contribution is 7.90. The summed E-state index contributed by atoms with van der Waals surface area (Å²) < 4.78 is 28.1. The third-order valence-corrected chi connectivity index (χ3v) is 7.64. The molecule has 3 N–H and O–H groups in total. The van der Waals surface area contributed by atoms with Crippen molar-refractivity contribution in [1.82, 2.24) is 18.8 Å². The lowest BCUT2D eigenvalue weighted by Gasteiger charge is -2.20. The minimum absolute atomic E-state index is 0.0226. The van der Waals surface area contributed by atoms with E-state index in [0.29, 0.717) is 22.3 Å². The van der Waals surface area contributed by atoms with Crippen LogP contribution in [0.1, 0.15) is 28.4 Å². The molecule has 0 spiro atoms. The second kappa shape index (κ2) is 10.1. The van der Waals surface area contributed by atoms with Gasteiger partial charge in [0.25, 0.3) is 15.9 Å². The maximum Gasteiger partial charge on any atom is 0.509 e. The Morgan fingerprint density at radius 1 is 1.14 bits per heavy atom. The molecule has 2 heterocycles. The SMILES string of the molecule is Cc1ccc(S(=O)(=O)n2cc(-c3ccc(C(=O)N(C)C[C@H](C)O)c(C)c3)c3nc(B(O)O)cnc32)cc1. The molecule has 0 aliphatic rings. The van der Waals surface area contributed by atoms with E-state index in [4.69, 9.17) is 0 Å². The Kier molecular flexibility index (Phi) is 7.20. The lowest BCUT2D eigenvalue weighted by atomic mass is 9.87.